The van der Waals surface area contributed by atoms with Crippen LogP contribution in [0.2, 0.25) is 0 Å². The Morgan fingerprint density at radius 3 is 1.64 bits per heavy atom. The van der Waals surface area contributed by atoms with Crippen LogP contribution >= 0.6 is 11.8 Å². The number of hydrogen-bond acceptors (Lipinski definition) is 4. The number of furan rings is 1. The minimum Gasteiger partial charge on any atom is -0.456 e. The Morgan fingerprint density at radius 2 is 0.918 bits per heavy atom. The first-order valence-corrected chi connectivity index (χ1v) is 21.4. The van der Waals surface area contributed by atoms with Crippen molar-refractivity contribution in [2.45, 2.75) is 9.79 Å². The number of benzene rings is 9. The summed E-state index contributed by atoms with van der Waals surface area (Å²) in [4.78, 5) is 7.23. The zero-order valence-corrected chi connectivity index (χ0v) is 33.8. The van der Waals surface area contributed by atoms with Crippen molar-refractivity contribution in [2.75, 3.05) is 9.80 Å². The molecule has 3 heterocycles. The van der Waals surface area contributed by atoms with Gasteiger partial charge in [-0.15, -0.1) is 0 Å². The fourth-order valence-corrected chi connectivity index (χ4v) is 10.1. The van der Waals surface area contributed by atoms with E-state index in [2.05, 4.69) is 227 Å². The Bertz CT molecular complexity index is 3380. The molecule has 2 aromatic heterocycles. The SMILES string of the molecule is c1ccc(-c2ccc(-c3ccc(N(c4ccc5c(c4)oc4ccccc45)c4ccc5c6c(n(-c7ccccc7)c5c4)N(c4ccccc4)c4ccccc4S6)cc3)cc2)cc1. The number of nitrogens with zero attached hydrogens (tertiary/aromatic N) is 3. The third-order valence-electron chi connectivity index (χ3n) is 11.8. The lowest BCUT2D eigenvalue weighted by Crippen LogP contribution is -2.17. The van der Waals surface area contributed by atoms with E-state index in [-0.39, 0.29) is 0 Å². The Kier molecular flexibility index (Phi) is 8.39. The maximum absolute atomic E-state index is 6.48. The molecule has 0 N–H and O–H groups in total. The zero-order chi connectivity index (χ0) is 40.3. The van der Waals surface area contributed by atoms with Gasteiger partial charge in [-0.1, -0.05) is 145 Å². The molecule has 61 heavy (non-hydrogen) atoms. The van der Waals surface area contributed by atoms with Crippen molar-refractivity contribution >= 4 is 78.9 Å². The van der Waals surface area contributed by atoms with Gasteiger partial charge in [0, 0.05) is 55.6 Å². The molecular weight excluding hydrogens is 763 g/mol. The van der Waals surface area contributed by atoms with Crippen LogP contribution in [0.4, 0.5) is 34.3 Å². The van der Waals surface area contributed by atoms with Crippen LogP contribution in [0.3, 0.4) is 0 Å². The van der Waals surface area contributed by atoms with Crippen LogP contribution in [-0.4, -0.2) is 4.57 Å². The van der Waals surface area contributed by atoms with Crippen LogP contribution < -0.4 is 9.80 Å². The molecule has 0 fully saturated rings. The summed E-state index contributed by atoms with van der Waals surface area (Å²) in [5, 5.41) is 3.42. The van der Waals surface area contributed by atoms with E-state index in [4.69, 9.17) is 4.42 Å². The fraction of sp³-hybridized carbons (Fsp3) is 0. The van der Waals surface area contributed by atoms with Gasteiger partial charge in [0.2, 0.25) is 0 Å². The van der Waals surface area contributed by atoms with Crippen LogP contribution in [0.15, 0.2) is 239 Å². The van der Waals surface area contributed by atoms with Gasteiger partial charge in [-0.2, -0.15) is 0 Å². The first-order chi connectivity index (χ1) is 30.2. The Labute approximate surface area is 358 Å². The largest absolute Gasteiger partial charge is 0.456 e. The molecule has 0 aliphatic carbocycles. The van der Waals surface area contributed by atoms with Gasteiger partial charge < -0.3 is 9.32 Å². The average molecular weight is 800 g/mol. The molecule has 4 nitrogen and oxygen atoms in total. The fourth-order valence-electron chi connectivity index (χ4n) is 8.89. The van der Waals surface area contributed by atoms with Gasteiger partial charge in [0.05, 0.1) is 16.1 Å². The number of anilines is 6. The molecule has 288 valence electrons. The molecule has 0 saturated carbocycles. The molecule has 11 aromatic rings. The molecule has 5 heteroatoms. The molecule has 12 rings (SSSR count). The Morgan fingerprint density at radius 1 is 0.393 bits per heavy atom. The first kappa shape index (κ1) is 35.2. The minimum absolute atomic E-state index is 0.857. The molecule has 0 bridgehead atoms. The second kappa shape index (κ2) is 14.5. The Balaban J connectivity index is 1.04. The summed E-state index contributed by atoms with van der Waals surface area (Å²) >= 11 is 1.85. The van der Waals surface area contributed by atoms with Crippen LogP contribution in [0.5, 0.6) is 0 Å². The molecule has 0 spiro atoms. The van der Waals surface area contributed by atoms with E-state index in [0.717, 1.165) is 67.3 Å². The summed E-state index contributed by atoms with van der Waals surface area (Å²) in [6, 6.07) is 80.3. The summed E-state index contributed by atoms with van der Waals surface area (Å²) in [7, 11) is 0. The lowest BCUT2D eigenvalue weighted by Gasteiger charge is -2.32. The zero-order valence-electron chi connectivity index (χ0n) is 33.0. The Hall–Kier alpha value is -7.73. The third kappa shape index (κ3) is 6.01. The summed E-state index contributed by atoms with van der Waals surface area (Å²) in [6.07, 6.45) is 0. The van der Waals surface area contributed by atoms with E-state index in [1.807, 2.05) is 23.9 Å². The van der Waals surface area contributed by atoms with E-state index in [9.17, 15) is 0 Å². The van der Waals surface area contributed by atoms with Gasteiger partial charge in [-0.25, -0.2) is 0 Å². The maximum atomic E-state index is 6.48. The molecule has 9 aromatic carbocycles. The number of para-hydroxylation sites is 4. The van der Waals surface area contributed by atoms with Gasteiger partial charge in [0.15, 0.2) is 0 Å². The van der Waals surface area contributed by atoms with E-state index in [1.54, 1.807) is 0 Å². The highest BCUT2D eigenvalue weighted by molar-refractivity contribution is 8.00. The number of hydrogen-bond donors (Lipinski definition) is 0. The molecule has 0 atom stereocenters. The van der Waals surface area contributed by atoms with Crippen LogP contribution in [0, 0.1) is 0 Å². The highest BCUT2D eigenvalue weighted by Gasteiger charge is 2.32. The topological polar surface area (TPSA) is 24.6 Å². The third-order valence-corrected chi connectivity index (χ3v) is 12.9. The minimum atomic E-state index is 0.857. The van der Waals surface area contributed by atoms with E-state index >= 15 is 0 Å². The van der Waals surface area contributed by atoms with Crippen molar-refractivity contribution in [3.05, 3.63) is 224 Å². The molecule has 1 aliphatic heterocycles. The predicted octanol–water partition coefficient (Wildman–Crippen LogP) is 16.3. The highest BCUT2D eigenvalue weighted by atomic mass is 32.2. The highest BCUT2D eigenvalue weighted by Crippen LogP contribution is 2.56. The standard InChI is InChI=1S/C56H37N3OS/c1-4-14-38(15-5-1)39-24-26-40(27-25-39)41-28-30-44(31-29-41)57(46-32-34-48-47-20-10-12-22-52(47)60-53(48)37-46)45-33-35-49-51(36-45)59(43-18-8-3-9-19-43)56-55(49)61-54-23-13-11-21-50(54)58(56)42-16-6-2-7-17-42/h1-37H. The molecule has 0 unspecified atom stereocenters. The molecular formula is C56H37N3OS. The van der Waals surface area contributed by atoms with Gasteiger partial charge >= 0.3 is 0 Å². The lowest BCUT2D eigenvalue weighted by atomic mass is 10.00. The van der Waals surface area contributed by atoms with E-state index < -0.39 is 0 Å². The number of aromatic nitrogens is 1. The number of rotatable bonds is 7. The molecule has 0 radical (unpaired) electrons. The van der Waals surface area contributed by atoms with Gasteiger partial charge in [0.25, 0.3) is 0 Å². The van der Waals surface area contributed by atoms with E-state index in [1.165, 1.54) is 37.6 Å². The normalized spacial score (nSPS) is 12.2. The quantitative estimate of drug-likeness (QED) is 0.160. The average Bonchev–Trinajstić information content (AvgIpc) is 3.87. The van der Waals surface area contributed by atoms with Gasteiger partial charge in [-0.05, 0) is 107 Å². The smallest absolute Gasteiger partial charge is 0.137 e. The first-order valence-electron chi connectivity index (χ1n) is 20.6. The predicted molar refractivity (Wildman–Crippen MR) is 255 cm³/mol. The van der Waals surface area contributed by atoms with Gasteiger partial charge in [0.1, 0.15) is 17.0 Å². The molecule has 1 aliphatic rings. The second-order valence-electron chi connectivity index (χ2n) is 15.4. The molecule has 0 amide bonds. The van der Waals surface area contributed by atoms with Crippen LogP contribution in [-0.2, 0) is 0 Å². The van der Waals surface area contributed by atoms with Crippen molar-refractivity contribution < 1.29 is 4.42 Å². The van der Waals surface area contributed by atoms with E-state index in [0.29, 0.717) is 0 Å². The lowest BCUT2D eigenvalue weighted by molar-refractivity contribution is 0.669. The van der Waals surface area contributed by atoms with Crippen LogP contribution in [0.25, 0.3) is 60.8 Å². The molecule has 0 saturated heterocycles. The van der Waals surface area contributed by atoms with Crippen molar-refractivity contribution in [1.82, 2.24) is 4.57 Å². The summed E-state index contributed by atoms with van der Waals surface area (Å²) in [5.74, 6) is 1.13. The van der Waals surface area contributed by atoms with Crippen molar-refractivity contribution in [2.24, 2.45) is 0 Å². The van der Waals surface area contributed by atoms with Crippen LogP contribution in [0.1, 0.15) is 0 Å². The monoisotopic (exact) mass is 799 g/mol. The second-order valence-corrected chi connectivity index (χ2v) is 16.4. The number of fused-ring (bicyclic) bond motifs is 7. The summed E-state index contributed by atoms with van der Waals surface area (Å²) in [6.45, 7) is 0. The van der Waals surface area contributed by atoms with Crippen molar-refractivity contribution in [3.8, 4) is 27.9 Å². The van der Waals surface area contributed by atoms with Gasteiger partial charge in [-0.3, -0.25) is 9.47 Å². The van der Waals surface area contributed by atoms with Crippen molar-refractivity contribution in [1.29, 1.82) is 0 Å². The maximum Gasteiger partial charge on any atom is 0.137 e. The summed E-state index contributed by atoms with van der Waals surface area (Å²) < 4.78 is 8.92. The summed E-state index contributed by atoms with van der Waals surface area (Å²) in [5.41, 5.74) is 14.1. The van der Waals surface area contributed by atoms with Crippen molar-refractivity contribution in [3.63, 3.8) is 0 Å².